The summed E-state index contributed by atoms with van der Waals surface area (Å²) in [5.74, 6) is -0.702. The highest BCUT2D eigenvalue weighted by molar-refractivity contribution is 5.96. The summed E-state index contributed by atoms with van der Waals surface area (Å²) in [4.78, 5) is 36.0. The fourth-order valence-corrected chi connectivity index (χ4v) is 1.92. The number of amides is 2. The van der Waals surface area contributed by atoms with Gasteiger partial charge in [-0.3, -0.25) is 14.4 Å². The molecular weight excluding hydrogens is 308 g/mol. The Morgan fingerprint density at radius 3 is 2.67 bits per heavy atom. The van der Waals surface area contributed by atoms with Crippen molar-refractivity contribution in [3.8, 4) is 0 Å². The molecule has 0 aromatic heterocycles. The van der Waals surface area contributed by atoms with E-state index in [9.17, 15) is 14.4 Å². The Labute approximate surface area is 142 Å². The third kappa shape index (κ3) is 7.09. The largest absolute Gasteiger partial charge is 0.468 e. The molecule has 0 saturated carbocycles. The van der Waals surface area contributed by atoms with Crippen molar-refractivity contribution in [2.45, 2.75) is 19.3 Å². The lowest BCUT2D eigenvalue weighted by molar-refractivity contribution is -0.139. The van der Waals surface area contributed by atoms with E-state index in [0.29, 0.717) is 12.0 Å². The van der Waals surface area contributed by atoms with Gasteiger partial charge in [0.25, 0.3) is 5.91 Å². The van der Waals surface area contributed by atoms with E-state index in [-0.39, 0.29) is 18.4 Å². The van der Waals surface area contributed by atoms with Crippen LogP contribution in [0.5, 0.6) is 0 Å². The van der Waals surface area contributed by atoms with Crippen LogP contribution in [0.25, 0.3) is 6.08 Å². The average Bonchev–Trinajstić information content (AvgIpc) is 2.58. The van der Waals surface area contributed by atoms with Gasteiger partial charge in [-0.1, -0.05) is 24.3 Å². The molecule has 0 radical (unpaired) electrons. The maximum atomic E-state index is 11.9. The second-order valence-electron chi connectivity index (χ2n) is 5.47. The van der Waals surface area contributed by atoms with Gasteiger partial charge in [0.1, 0.15) is 6.54 Å². The molecule has 0 spiro atoms. The van der Waals surface area contributed by atoms with Crippen LogP contribution in [0.15, 0.2) is 30.3 Å². The van der Waals surface area contributed by atoms with Gasteiger partial charge in [0.05, 0.1) is 7.11 Å². The van der Waals surface area contributed by atoms with E-state index in [1.165, 1.54) is 7.11 Å². The Kier molecular flexibility index (Phi) is 8.25. The van der Waals surface area contributed by atoms with Crippen LogP contribution in [0.3, 0.4) is 0 Å². The lowest BCUT2D eigenvalue weighted by atomic mass is 10.1. The van der Waals surface area contributed by atoms with Crippen molar-refractivity contribution in [2.24, 2.45) is 0 Å². The van der Waals surface area contributed by atoms with E-state index >= 15 is 0 Å². The SMILES string of the molecule is COC(=O)CNC(=O)c1cccc(/C=C/CCCC(=O)N(C)C)c1. The van der Waals surface area contributed by atoms with Gasteiger partial charge in [0.15, 0.2) is 0 Å². The number of ether oxygens (including phenoxy) is 1. The Balaban J connectivity index is 2.50. The number of allylic oxidation sites excluding steroid dienone is 1. The van der Waals surface area contributed by atoms with Crippen LogP contribution in [-0.4, -0.2) is 50.4 Å². The summed E-state index contributed by atoms with van der Waals surface area (Å²) >= 11 is 0. The smallest absolute Gasteiger partial charge is 0.325 e. The molecule has 24 heavy (non-hydrogen) atoms. The molecule has 1 N–H and O–H groups in total. The second-order valence-corrected chi connectivity index (χ2v) is 5.47. The summed E-state index contributed by atoms with van der Waals surface area (Å²) in [6.45, 7) is -0.157. The fourth-order valence-electron chi connectivity index (χ4n) is 1.92. The van der Waals surface area contributed by atoms with Crippen LogP contribution in [0, 0.1) is 0 Å². The minimum absolute atomic E-state index is 0.118. The van der Waals surface area contributed by atoms with E-state index < -0.39 is 5.97 Å². The molecule has 0 bridgehead atoms. The number of hydrogen-bond acceptors (Lipinski definition) is 4. The monoisotopic (exact) mass is 332 g/mol. The number of nitrogens with zero attached hydrogens (tertiary/aromatic N) is 1. The Morgan fingerprint density at radius 2 is 2.00 bits per heavy atom. The fraction of sp³-hybridized carbons (Fsp3) is 0.389. The highest BCUT2D eigenvalue weighted by atomic mass is 16.5. The van der Waals surface area contributed by atoms with Crippen molar-refractivity contribution >= 4 is 23.9 Å². The number of unbranched alkanes of at least 4 members (excludes halogenated alkanes) is 1. The molecule has 2 amide bonds. The standard InChI is InChI=1S/C18H24N2O4/c1-20(2)16(21)11-6-4-5-8-14-9-7-10-15(12-14)18(23)19-13-17(22)24-3/h5,7-10,12H,4,6,11,13H2,1-3H3,(H,19,23)/b8-5+. The number of benzene rings is 1. The predicted octanol–water partition coefficient (Wildman–Crippen LogP) is 1.86. The first-order chi connectivity index (χ1) is 11.4. The first-order valence-electron chi connectivity index (χ1n) is 7.76. The van der Waals surface area contributed by atoms with Crippen LogP contribution in [0.1, 0.15) is 35.2 Å². The topological polar surface area (TPSA) is 75.7 Å². The molecule has 6 nitrogen and oxygen atoms in total. The number of esters is 1. The average molecular weight is 332 g/mol. The van der Waals surface area contributed by atoms with Gasteiger partial charge >= 0.3 is 5.97 Å². The Hall–Kier alpha value is -2.63. The minimum Gasteiger partial charge on any atom is -0.468 e. The normalized spacial score (nSPS) is 10.5. The first-order valence-corrected chi connectivity index (χ1v) is 7.76. The van der Waals surface area contributed by atoms with Crippen molar-refractivity contribution in [3.63, 3.8) is 0 Å². The lowest BCUT2D eigenvalue weighted by Gasteiger charge is -2.08. The zero-order valence-corrected chi connectivity index (χ0v) is 14.4. The summed E-state index contributed by atoms with van der Waals surface area (Å²) in [5.41, 5.74) is 1.36. The molecule has 1 aromatic rings. The van der Waals surface area contributed by atoms with E-state index in [2.05, 4.69) is 10.1 Å². The number of nitrogens with one attached hydrogen (secondary N) is 1. The summed E-state index contributed by atoms with van der Waals surface area (Å²) < 4.78 is 4.48. The van der Waals surface area contributed by atoms with Crippen LogP contribution in [-0.2, 0) is 14.3 Å². The maximum Gasteiger partial charge on any atom is 0.325 e. The van der Waals surface area contributed by atoms with Crippen molar-refractivity contribution in [1.29, 1.82) is 0 Å². The third-order valence-corrected chi connectivity index (χ3v) is 3.34. The number of rotatable bonds is 8. The van der Waals surface area contributed by atoms with E-state index in [0.717, 1.165) is 18.4 Å². The van der Waals surface area contributed by atoms with Gasteiger partial charge in [0, 0.05) is 26.1 Å². The summed E-state index contributed by atoms with van der Waals surface area (Å²) in [7, 11) is 4.76. The van der Waals surface area contributed by atoms with Crippen LogP contribution >= 0.6 is 0 Å². The van der Waals surface area contributed by atoms with Crippen molar-refractivity contribution in [1.82, 2.24) is 10.2 Å². The second kappa shape index (κ2) is 10.2. The molecule has 0 fully saturated rings. The number of carbonyl (C=O) groups excluding carboxylic acids is 3. The van der Waals surface area contributed by atoms with Gasteiger partial charge in [-0.2, -0.15) is 0 Å². The zero-order chi connectivity index (χ0) is 17.9. The van der Waals surface area contributed by atoms with E-state index in [4.69, 9.17) is 0 Å². The highest BCUT2D eigenvalue weighted by Crippen LogP contribution is 2.09. The van der Waals surface area contributed by atoms with Gasteiger partial charge in [-0.25, -0.2) is 0 Å². The Morgan fingerprint density at radius 1 is 1.25 bits per heavy atom. The van der Waals surface area contributed by atoms with Crippen LogP contribution in [0.2, 0.25) is 0 Å². The maximum absolute atomic E-state index is 11.9. The molecule has 0 saturated heterocycles. The molecule has 130 valence electrons. The number of hydrogen-bond donors (Lipinski definition) is 1. The third-order valence-electron chi connectivity index (χ3n) is 3.34. The predicted molar refractivity (Wildman–Crippen MR) is 92.4 cm³/mol. The zero-order valence-electron chi connectivity index (χ0n) is 14.4. The molecule has 0 unspecified atom stereocenters. The molecule has 0 atom stereocenters. The summed E-state index contributed by atoms with van der Waals surface area (Å²) in [6, 6.07) is 7.09. The molecule has 0 aliphatic rings. The molecular formula is C18H24N2O4. The van der Waals surface area contributed by atoms with Gasteiger partial charge in [-0.15, -0.1) is 0 Å². The molecule has 6 heteroatoms. The van der Waals surface area contributed by atoms with Crippen molar-refractivity contribution in [3.05, 3.63) is 41.5 Å². The molecule has 0 aliphatic carbocycles. The molecule has 1 aromatic carbocycles. The molecule has 1 rings (SSSR count). The molecule has 0 heterocycles. The van der Waals surface area contributed by atoms with E-state index in [1.807, 2.05) is 18.2 Å². The Bertz CT molecular complexity index is 609. The van der Waals surface area contributed by atoms with Crippen molar-refractivity contribution in [2.75, 3.05) is 27.7 Å². The van der Waals surface area contributed by atoms with Crippen LogP contribution in [0.4, 0.5) is 0 Å². The van der Waals surface area contributed by atoms with Crippen LogP contribution < -0.4 is 5.32 Å². The summed E-state index contributed by atoms with van der Waals surface area (Å²) in [6.07, 6.45) is 5.99. The van der Waals surface area contributed by atoms with Gasteiger partial charge < -0.3 is 15.0 Å². The summed E-state index contributed by atoms with van der Waals surface area (Å²) in [5, 5.41) is 2.50. The lowest BCUT2D eigenvalue weighted by Crippen LogP contribution is -2.30. The van der Waals surface area contributed by atoms with Gasteiger partial charge in [-0.05, 0) is 30.5 Å². The molecule has 0 aliphatic heterocycles. The van der Waals surface area contributed by atoms with Crippen molar-refractivity contribution < 1.29 is 19.1 Å². The first kappa shape index (κ1) is 19.4. The number of carbonyl (C=O) groups is 3. The van der Waals surface area contributed by atoms with E-state index in [1.54, 1.807) is 37.2 Å². The number of methoxy groups -OCH3 is 1. The minimum atomic E-state index is -0.494. The quantitative estimate of drug-likeness (QED) is 0.582. The highest BCUT2D eigenvalue weighted by Gasteiger charge is 2.08. The van der Waals surface area contributed by atoms with Gasteiger partial charge in [0.2, 0.25) is 5.91 Å².